The monoisotopic (exact) mass is 415 g/mol. The molecule has 0 aliphatic heterocycles. The first kappa shape index (κ1) is 22.9. The van der Waals surface area contributed by atoms with Crippen molar-refractivity contribution in [2.24, 2.45) is 5.92 Å². The van der Waals surface area contributed by atoms with E-state index in [1.807, 2.05) is 73.5 Å². The fraction of sp³-hybridized carbons (Fsp3) is 0.478. The van der Waals surface area contributed by atoms with Crippen molar-refractivity contribution in [3.8, 4) is 0 Å². The number of nitrogens with zero attached hydrogens (tertiary/aromatic N) is 2. The van der Waals surface area contributed by atoms with Crippen LogP contribution >= 0.6 is 11.3 Å². The fourth-order valence-electron chi connectivity index (χ4n) is 3.18. The second kappa shape index (κ2) is 10.4. The van der Waals surface area contributed by atoms with Crippen molar-refractivity contribution in [1.29, 1.82) is 0 Å². The van der Waals surface area contributed by atoms with E-state index < -0.39 is 0 Å². The van der Waals surface area contributed by atoms with Crippen LogP contribution in [0.3, 0.4) is 0 Å². The number of hydrogen-bond acceptors (Lipinski definition) is 4. The third-order valence-corrected chi connectivity index (χ3v) is 5.75. The van der Waals surface area contributed by atoms with E-state index in [-0.39, 0.29) is 17.9 Å². The Hall–Kier alpha value is -2.34. The normalized spacial score (nSPS) is 12.0. The van der Waals surface area contributed by atoms with Gasteiger partial charge in [-0.15, -0.1) is 11.3 Å². The molecule has 5 nitrogen and oxygen atoms in total. The van der Waals surface area contributed by atoms with Crippen LogP contribution in [0.25, 0.3) is 0 Å². The maximum Gasteiger partial charge on any atom is 0.264 e. The number of amides is 2. The molecular weight excluding hydrogens is 382 g/mol. The van der Waals surface area contributed by atoms with Crippen LogP contribution in [0.15, 0.2) is 35.7 Å². The summed E-state index contributed by atoms with van der Waals surface area (Å²) in [5.41, 5.74) is 2.82. The summed E-state index contributed by atoms with van der Waals surface area (Å²) >= 11 is 1.47. The van der Waals surface area contributed by atoms with Gasteiger partial charge >= 0.3 is 0 Å². The predicted octanol–water partition coefficient (Wildman–Crippen LogP) is 5.24. The lowest BCUT2D eigenvalue weighted by atomic mass is 10.1. The molecule has 0 saturated heterocycles. The summed E-state index contributed by atoms with van der Waals surface area (Å²) < 4.78 is 0. The molecule has 0 radical (unpaired) electrons. The quantitative estimate of drug-likeness (QED) is 0.609. The van der Waals surface area contributed by atoms with Crippen molar-refractivity contribution in [3.63, 3.8) is 0 Å². The average Bonchev–Trinajstić information content (AvgIpc) is 3.19. The highest BCUT2D eigenvalue weighted by molar-refractivity contribution is 7.12. The minimum absolute atomic E-state index is 0.0111. The van der Waals surface area contributed by atoms with Crippen LogP contribution < -0.4 is 10.2 Å². The molecule has 1 aromatic heterocycles. The van der Waals surface area contributed by atoms with Gasteiger partial charge in [-0.25, -0.2) is 0 Å². The van der Waals surface area contributed by atoms with Crippen molar-refractivity contribution in [2.45, 2.75) is 53.1 Å². The second-order valence-electron chi connectivity index (χ2n) is 8.05. The molecule has 0 saturated carbocycles. The van der Waals surface area contributed by atoms with Gasteiger partial charge in [-0.1, -0.05) is 26.8 Å². The Morgan fingerprint density at radius 1 is 1.14 bits per heavy atom. The topological polar surface area (TPSA) is 52.7 Å². The largest absolute Gasteiger partial charge is 0.377 e. The highest BCUT2D eigenvalue weighted by atomic mass is 32.1. The number of nitrogens with one attached hydrogen (secondary N) is 1. The highest BCUT2D eigenvalue weighted by Gasteiger charge is 2.23. The zero-order valence-electron chi connectivity index (χ0n) is 18.4. The van der Waals surface area contributed by atoms with Gasteiger partial charge in [0, 0.05) is 44.5 Å². The van der Waals surface area contributed by atoms with Gasteiger partial charge in [0.15, 0.2) is 0 Å². The minimum Gasteiger partial charge on any atom is -0.377 e. The van der Waals surface area contributed by atoms with Crippen molar-refractivity contribution >= 4 is 34.5 Å². The Labute approximate surface area is 178 Å². The smallest absolute Gasteiger partial charge is 0.264 e. The van der Waals surface area contributed by atoms with E-state index in [1.165, 1.54) is 11.3 Å². The molecule has 158 valence electrons. The molecule has 1 atom stereocenters. The summed E-state index contributed by atoms with van der Waals surface area (Å²) in [6, 6.07) is 9.81. The van der Waals surface area contributed by atoms with Crippen LogP contribution in [0.5, 0.6) is 0 Å². The molecule has 1 aromatic carbocycles. The van der Waals surface area contributed by atoms with Crippen molar-refractivity contribution in [1.82, 2.24) is 4.90 Å². The van der Waals surface area contributed by atoms with Crippen LogP contribution in [0.2, 0.25) is 0 Å². The van der Waals surface area contributed by atoms with Crippen LogP contribution in [0.4, 0.5) is 11.4 Å². The van der Waals surface area contributed by atoms with Gasteiger partial charge in [0.2, 0.25) is 5.91 Å². The van der Waals surface area contributed by atoms with Crippen molar-refractivity contribution < 1.29 is 9.59 Å². The molecule has 2 rings (SSSR count). The van der Waals surface area contributed by atoms with Gasteiger partial charge in [-0.3, -0.25) is 9.59 Å². The first-order valence-corrected chi connectivity index (χ1v) is 11.0. The summed E-state index contributed by atoms with van der Waals surface area (Å²) in [5.74, 6) is 0.366. The van der Waals surface area contributed by atoms with Crippen LogP contribution in [-0.4, -0.2) is 36.9 Å². The van der Waals surface area contributed by atoms with E-state index in [0.717, 1.165) is 28.2 Å². The average molecular weight is 416 g/mol. The molecule has 0 bridgehead atoms. The van der Waals surface area contributed by atoms with E-state index in [2.05, 4.69) is 19.2 Å². The number of anilines is 2. The summed E-state index contributed by atoms with van der Waals surface area (Å²) in [6.07, 6.45) is 1.36. The van der Waals surface area contributed by atoms with Crippen LogP contribution in [0.1, 0.15) is 55.8 Å². The van der Waals surface area contributed by atoms with Gasteiger partial charge in [-0.05, 0) is 54.5 Å². The lowest BCUT2D eigenvalue weighted by molar-refractivity contribution is -0.116. The van der Waals surface area contributed by atoms with Gasteiger partial charge in [0.05, 0.1) is 4.88 Å². The van der Waals surface area contributed by atoms with Gasteiger partial charge in [0.1, 0.15) is 0 Å². The third kappa shape index (κ3) is 6.32. The van der Waals surface area contributed by atoms with Crippen LogP contribution in [0, 0.1) is 5.92 Å². The number of hydrogen-bond donors (Lipinski definition) is 1. The number of carbonyl (C=O) groups is 2. The number of thiophene rings is 1. The molecule has 6 heteroatoms. The van der Waals surface area contributed by atoms with E-state index in [4.69, 9.17) is 0 Å². The first-order chi connectivity index (χ1) is 13.7. The Morgan fingerprint density at radius 3 is 2.41 bits per heavy atom. The van der Waals surface area contributed by atoms with Crippen molar-refractivity contribution in [3.05, 3.63) is 46.2 Å². The fourth-order valence-corrected chi connectivity index (χ4v) is 3.86. The van der Waals surface area contributed by atoms with Crippen molar-refractivity contribution in [2.75, 3.05) is 24.3 Å². The summed E-state index contributed by atoms with van der Waals surface area (Å²) in [5, 5.41) is 4.92. The molecule has 0 aliphatic rings. The molecule has 0 spiro atoms. The minimum atomic E-state index is 0.0111. The molecule has 1 heterocycles. The molecule has 29 heavy (non-hydrogen) atoms. The highest BCUT2D eigenvalue weighted by Crippen LogP contribution is 2.27. The molecule has 0 unspecified atom stereocenters. The Balaban J connectivity index is 2.34. The standard InChI is InChI=1S/C23H33N3O2S/c1-7-17(4)26(23(28)21-9-8-12-29-21)15-18-14-19(10-11-20(18)25(5)6)24-22(27)13-16(2)3/h8-12,14,16-17H,7,13,15H2,1-6H3,(H,24,27)/t17-/m0/s1. The first-order valence-electron chi connectivity index (χ1n) is 10.2. The molecule has 0 fully saturated rings. The van der Waals surface area contributed by atoms with E-state index in [1.54, 1.807) is 0 Å². The molecule has 2 aromatic rings. The lowest BCUT2D eigenvalue weighted by Crippen LogP contribution is -2.37. The molecule has 2 amide bonds. The zero-order valence-corrected chi connectivity index (χ0v) is 19.2. The van der Waals surface area contributed by atoms with Crippen LogP contribution in [-0.2, 0) is 11.3 Å². The SMILES string of the molecule is CC[C@H](C)N(Cc1cc(NC(=O)CC(C)C)ccc1N(C)C)C(=O)c1cccs1. The zero-order chi connectivity index (χ0) is 21.6. The lowest BCUT2D eigenvalue weighted by Gasteiger charge is -2.30. The third-order valence-electron chi connectivity index (χ3n) is 4.90. The Morgan fingerprint density at radius 2 is 1.86 bits per heavy atom. The van der Waals surface area contributed by atoms with Gasteiger partial charge < -0.3 is 15.1 Å². The summed E-state index contributed by atoms with van der Waals surface area (Å²) in [6.45, 7) is 8.72. The van der Waals surface area contributed by atoms with E-state index in [0.29, 0.717) is 18.9 Å². The summed E-state index contributed by atoms with van der Waals surface area (Å²) in [7, 11) is 3.98. The molecule has 0 aliphatic carbocycles. The summed E-state index contributed by atoms with van der Waals surface area (Å²) in [4.78, 5) is 30.1. The Kier molecular flexibility index (Phi) is 8.26. The number of rotatable bonds is 9. The van der Waals surface area contributed by atoms with Gasteiger partial charge in [-0.2, -0.15) is 0 Å². The molecule has 1 N–H and O–H groups in total. The van der Waals surface area contributed by atoms with E-state index in [9.17, 15) is 9.59 Å². The predicted molar refractivity (Wildman–Crippen MR) is 123 cm³/mol. The Bertz CT molecular complexity index is 816. The number of benzene rings is 1. The van der Waals surface area contributed by atoms with E-state index >= 15 is 0 Å². The van der Waals surface area contributed by atoms with Gasteiger partial charge in [0.25, 0.3) is 5.91 Å². The second-order valence-corrected chi connectivity index (χ2v) is 9.00. The molecular formula is C23H33N3O2S. The number of carbonyl (C=O) groups excluding carboxylic acids is 2. The maximum atomic E-state index is 13.1. The maximum absolute atomic E-state index is 13.1.